The summed E-state index contributed by atoms with van der Waals surface area (Å²) in [6.07, 6.45) is 6.18. The van der Waals surface area contributed by atoms with E-state index in [0.29, 0.717) is 0 Å². The lowest BCUT2D eigenvalue weighted by Gasteiger charge is -2.30. The molecule has 1 fully saturated rings. The molecule has 0 bridgehead atoms. The first-order chi connectivity index (χ1) is 6.33. The normalized spacial score (nSPS) is 20.9. The van der Waals surface area contributed by atoms with Crippen LogP contribution < -0.4 is 0 Å². The average molecular weight is 199 g/mol. The fourth-order valence-corrected chi connectivity index (χ4v) is 2.17. The molecule has 0 radical (unpaired) electrons. The molecule has 1 aliphatic rings. The lowest BCUT2D eigenvalue weighted by atomic mass is 9.78. The van der Waals surface area contributed by atoms with Gasteiger partial charge in [0.1, 0.15) is 0 Å². The Labute approximate surface area is 84.6 Å². The van der Waals surface area contributed by atoms with Crippen molar-refractivity contribution in [2.24, 2.45) is 5.41 Å². The van der Waals surface area contributed by atoms with Crippen LogP contribution in [0.15, 0.2) is 0 Å². The number of thioether (sulfide) groups is 1. The molecule has 1 saturated heterocycles. The molecule has 0 unspecified atom stereocenters. The van der Waals surface area contributed by atoms with E-state index in [-0.39, 0.29) is 5.41 Å². The van der Waals surface area contributed by atoms with E-state index in [4.69, 9.17) is 10.00 Å². The lowest BCUT2D eigenvalue weighted by Crippen LogP contribution is -2.28. The van der Waals surface area contributed by atoms with Crippen LogP contribution >= 0.6 is 11.8 Å². The number of hydrogen-bond donors (Lipinski definition) is 0. The Morgan fingerprint density at radius 3 is 2.69 bits per heavy atom. The minimum Gasteiger partial charge on any atom is -0.381 e. The van der Waals surface area contributed by atoms with E-state index in [2.05, 4.69) is 12.3 Å². The largest absolute Gasteiger partial charge is 0.381 e. The van der Waals surface area contributed by atoms with E-state index in [9.17, 15) is 0 Å². The van der Waals surface area contributed by atoms with Crippen molar-refractivity contribution in [2.75, 3.05) is 25.2 Å². The van der Waals surface area contributed by atoms with Gasteiger partial charge in [0.05, 0.1) is 11.5 Å². The zero-order chi connectivity index (χ0) is 9.57. The Balaban J connectivity index is 2.35. The molecule has 0 aliphatic carbocycles. The van der Waals surface area contributed by atoms with E-state index >= 15 is 0 Å². The molecule has 0 aromatic rings. The van der Waals surface area contributed by atoms with E-state index in [1.807, 2.05) is 11.8 Å². The van der Waals surface area contributed by atoms with Crippen LogP contribution in [-0.4, -0.2) is 25.2 Å². The van der Waals surface area contributed by atoms with Gasteiger partial charge in [-0.05, 0) is 37.7 Å². The zero-order valence-electron chi connectivity index (χ0n) is 8.21. The SMILES string of the molecule is CSCCCC1(C#N)CCOCC1. The summed E-state index contributed by atoms with van der Waals surface area (Å²) in [5.74, 6) is 1.17. The molecule has 3 heteroatoms. The Hall–Kier alpha value is -0.200. The van der Waals surface area contributed by atoms with Crippen molar-refractivity contribution < 1.29 is 4.74 Å². The van der Waals surface area contributed by atoms with Gasteiger partial charge < -0.3 is 4.74 Å². The van der Waals surface area contributed by atoms with E-state index in [0.717, 1.165) is 38.9 Å². The van der Waals surface area contributed by atoms with Crippen LogP contribution in [0, 0.1) is 16.7 Å². The first-order valence-electron chi connectivity index (χ1n) is 4.81. The lowest BCUT2D eigenvalue weighted by molar-refractivity contribution is 0.0368. The topological polar surface area (TPSA) is 33.0 Å². The van der Waals surface area contributed by atoms with Crippen LogP contribution in [0.4, 0.5) is 0 Å². The second-order valence-corrected chi connectivity index (χ2v) is 4.59. The molecule has 1 rings (SSSR count). The molecule has 0 aromatic carbocycles. The predicted octanol–water partition coefficient (Wildman–Crippen LogP) is 2.45. The fraction of sp³-hybridized carbons (Fsp3) is 0.900. The summed E-state index contributed by atoms with van der Waals surface area (Å²) in [5, 5.41) is 9.13. The van der Waals surface area contributed by atoms with Gasteiger partial charge in [-0.2, -0.15) is 17.0 Å². The van der Waals surface area contributed by atoms with E-state index in [1.165, 1.54) is 5.75 Å². The van der Waals surface area contributed by atoms with Crippen molar-refractivity contribution in [3.63, 3.8) is 0 Å². The molecule has 0 atom stereocenters. The fourth-order valence-electron chi connectivity index (χ4n) is 1.73. The third-order valence-electron chi connectivity index (χ3n) is 2.69. The van der Waals surface area contributed by atoms with Crippen molar-refractivity contribution in [3.8, 4) is 6.07 Å². The van der Waals surface area contributed by atoms with E-state index < -0.39 is 0 Å². The van der Waals surface area contributed by atoms with Gasteiger partial charge in [-0.3, -0.25) is 0 Å². The zero-order valence-corrected chi connectivity index (χ0v) is 9.03. The minimum atomic E-state index is -0.0615. The summed E-state index contributed by atoms with van der Waals surface area (Å²) in [7, 11) is 0. The molecular weight excluding hydrogens is 182 g/mol. The van der Waals surface area contributed by atoms with Crippen molar-refractivity contribution in [1.82, 2.24) is 0 Å². The summed E-state index contributed by atoms with van der Waals surface area (Å²) in [6, 6.07) is 2.49. The molecule has 13 heavy (non-hydrogen) atoms. The molecule has 1 aliphatic heterocycles. The number of ether oxygens (including phenoxy) is 1. The van der Waals surface area contributed by atoms with Gasteiger partial charge in [0.15, 0.2) is 0 Å². The molecule has 0 amide bonds. The summed E-state index contributed by atoms with van der Waals surface area (Å²) in [5.41, 5.74) is -0.0615. The van der Waals surface area contributed by atoms with Gasteiger partial charge in [-0.15, -0.1) is 0 Å². The molecule has 0 saturated carbocycles. The molecule has 2 nitrogen and oxygen atoms in total. The highest BCUT2D eigenvalue weighted by molar-refractivity contribution is 7.98. The summed E-state index contributed by atoms with van der Waals surface area (Å²) < 4.78 is 5.28. The monoisotopic (exact) mass is 199 g/mol. The smallest absolute Gasteiger partial charge is 0.0691 e. The van der Waals surface area contributed by atoms with Gasteiger partial charge in [-0.1, -0.05) is 0 Å². The van der Waals surface area contributed by atoms with Gasteiger partial charge in [0.25, 0.3) is 0 Å². The van der Waals surface area contributed by atoms with Gasteiger partial charge in [0.2, 0.25) is 0 Å². The average Bonchev–Trinajstić information content (AvgIpc) is 2.20. The second-order valence-electron chi connectivity index (χ2n) is 3.60. The highest BCUT2D eigenvalue weighted by Gasteiger charge is 2.31. The molecule has 74 valence electrons. The molecule has 1 heterocycles. The maximum atomic E-state index is 9.13. The van der Waals surface area contributed by atoms with Crippen LogP contribution in [0.2, 0.25) is 0 Å². The van der Waals surface area contributed by atoms with Crippen molar-refractivity contribution in [2.45, 2.75) is 25.7 Å². The minimum absolute atomic E-state index is 0.0615. The maximum absolute atomic E-state index is 9.13. The number of hydrogen-bond acceptors (Lipinski definition) is 3. The molecule has 0 spiro atoms. The van der Waals surface area contributed by atoms with Crippen LogP contribution in [0.25, 0.3) is 0 Å². The Morgan fingerprint density at radius 1 is 1.46 bits per heavy atom. The first-order valence-corrected chi connectivity index (χ1v) is 6.20. The predicted molar refractivity (Wildman–Crippen MR) is 55.7 cm³/mol. The standard InChI is InChI=1S/C10H17NOS/c1-13-8-2-3-10(9-11)4-6-12-7-5-10/h2-8H2,1H3. The number of nitrogens with zero attached hydrogens (tertiary/aromatic N) is 1. The molecular formula is C10H17NOS. The number of nitriles is 1. The summed E-state index contributed by atoms with van der Waals surface area (Å²) in [6.45, 7) is 1.54. The quantitative estimate of drug-likeness (QED) is 0.652. The summed E-state index contributed by atoms with van der Waals surface area (Å²) in [4.78, 5) is 0. The van der Waals surface area contributed by atoms with Gasteiger partial charge in [0, 0.05) is 13.2 Å². The van der Waals surface area contributed by atoms with Crippen LogP contribution in [0.5, 0.6) is 0 Å². The number of rotatable bonds is 4. The van der Waals surface area contributed by atoms with Crippen LogP contribution in [-0.2, 0) is 4.74 Å². The first kappa shape index (κ1) is 10.9. The van der Waals surface area contributed by atoms with Crippen molar-refractivity contribution >= 4 is 11.8 Å². The third kappa shape index (κ3) is 3.21. The molecule has 0 N–H and O–H groups in total. The van der Waals surface area contributed by atoms with Crippen molar-refractivity contribution in [3.05, 3.63) is 0 Å². The van der Waals surface area contributed by atoms with Gasteiger partial charge >= 0.3 is 0 Å². The highest BCUT2D eigenvalue weighted by atomic mass is 32.2. The maximum Gasteiger partial charge on any atom is 0.0691 e. The third-order valence-corrected chi connectivity index (χ3v) is 3.39. The molecule has 0 aromatic heterocycles. The Morgan fingerprint density at radius 2 is 2.15 bits per heavy atom. The van der Waals surface area contributed by atoms with Crippen LogP contribution in [0.1, 0.15) is 25.7 Å². The van der Waals surface area contributed by atoms with Crippen LogP contribution in [0.3, 0.4) is 0 Å². The summed E-state index contributed by atoms with van der Waals surface area (Å²) >= 11 is 1.86. The Bertz CT molecular complexity index is 182. The van der Waals surface area contributed by atoms with E-state index in [1.54, 1.807) is 0 Å². The van der Waals surface area contributed by atoms with Gasteiger partial charge in [-0.25, -0.2) is 0 Å². The second kappa shape index (κ2) is 5.51. The van der Waals surface area contributed by atoms with Crippen molar-refractivity contribution in [1.29, 1.82) is 5.26 Å². The Kier molecular flexibility index (Phi) is 4.61. The highest BCUT2D eigenvalue weighted by Crippen LogP contribution is 2.34.